The van der Waals surface area contributed by atoms with Gasteiger partial charge in [-0.15, -0.1) is 0 Å². The van der Waals surface area contributed by atoms with Crippen LogP contribution in [0, 0.1) is 5.92 Å². The molecule has 0 saturated carbocycles. The lowest BCUT2D eigenvalue weighted by molar-refractivity contribution is -0.125. The van der Waals surface area contributed by atoms with Gasteiger partial charge in [0.05, 0.1) is 12.6 Å². The van der Waals surface area contributed by atoms with Crippen molar-refractivity contribution in [3.63, 3.8) is 0 Å². The van der Waals surface area contributed by atoms with E-state index in [-0.39, 0.29) is 18.0 Å². The maximum atomic E-state index is 12.5. The normalized spacial score (nSPS) is 23.3. The highest BCUT2D eigenvalue weighted by Crippen LogP contribution is 2.40. The summed E-state index contributed by atoms with van der Waals surface area (Å²) in [7, 11) is 0. The SMILES string of the molecule is O=C1NCNC2C1C(c1ccccc1Cl)=CN2c1ccccc1. The second kappa shape index (κ2) is 5.72. The maximum Gasteiger partial charge on any atom is 0.232 e. The number of nitrogens with one attached hydrogen (secondary N) is 2. The predicted molar refractivity (Wildman–Crippen MR) is 91.8 cm³/mol. The number of nitrogens with zero attached hydrogens (tertiary/aromatic N) is 1. The van der Waals surface area contributed by atoms with Crippen molar-refractivity contribution >= 4 is 28.8 Å². The first-order chi connectivity index (χ1) is 11.3. The van der Waals surface area contributed by atoms with Crippen LogP contribution in [0.5, 0.6) is 0 Å². The van der Waals surface area contributed by atoms with E-state index in [2.05, 4.69) is 15.5 Å². The summed E-state index contributed by atoms with van der Waals surface area (Å²) in [6.45, 7) is 0.465. The quantitative estimate of drug-likeness (QED) is 0.892. The number of para-hydroxylation sites is 1. The number of hydrogen-bond acceptors (Lipinski definition) is 3. The smallest absolute Gasteiger partial charge is 0.232 e. The molecule has 5 heteroatoms. The first kappa shape index (κ1) is 14.3. The molecule has 1 fully saturated rings. The van der Waals surface area contributed by atoms with Crippen molar-refractivity contribution in [2.45, 2.75) is 6.17 Å². The zero-order chi connectivity index (χ0) is 15.8. The number of hydrogen-bond donors (Lipinski definition) is 2. The van der Waals surface area contributed by atoms with Gasteiger partial charge in [-0.05, 0) is 29.3 Å². The molecule has 23 heavy (non-hydrogen) atoms. The minimum Gasteiger partial charge on any atom is -0.343 e. The lowest BCUT2D eigenvalue weighted by Gasteiger charge is -2.34. The second-order valence-electron chi connectivity index (χ2n) is 5.65. The van der Waals surface area contributed by atoms with Gasteiger partial charge in [0.15, 0.2) is 0 Å². The van der Waals surface area contributed by atoms with Gasteiger partial charge in [0.1, 0.15) is 6.17 Å². The fraction of sp³-hybridized carbons (Fsp3) is 0.167. The number of amides is 1. The Morgan fingerprint density at radius 2 is 1.78 bits per heavy atom. The van der Waals surface area contributed by atoms with Crippen LogP contribution in [0.4, 0.5) is 5.69 Å². The van der Waals surface area contributed by atoms with Crippen molar-refractivity contribution in [3.8, 4) is 0 Å². The topological polar surface area (TPSA) is 44.4 Å². The highest BCUT2D eigenvalue weighted by molar-refractivity contribution is 6.32. The summed E-state index contributed by atoms with van der Waals surface area (Å²) in [6.07, 6.45) is 1.93. The van der Waals surface area contributed by atoms with E-state index in [0.29, 0.717) is 11.7 Å². The molecule has 2 unspecified atom stereocenters. The lowest BCUT2D eigenvalue weighted by atomic mass is 9.91. The van der Waals surface area contributed by atoms with Crippen LogP contribution in [0.1, 0.15) is 5.56 Å². The summed E-state index contributed by atoms with van der Waals surface area (Å²) in [5.74, 6) is -0.262. The van der Waals surface area contributed by atoms with Gasteiger partial charge in [0.2, 0.25) is 5.91 Å². The minimum absolute atomic E-state index is 0.0263. The molecule has 2 aromatic rings. The molecule has 2 aliphatic heterocycles. The van der Waals surface area contributed by atoms with E-state index in [0.717, 1.165) is 16.8 Å². The van der Waals surface area contributed by atoms with Crippen LogP contribution >= 0.6 is 11.6 Å². The van der Waals surface area contributed by atoms with Gasteiger partial charge in [-0.25, -0.2) is 0 Å². The number of halogens is 1. The molecule has 116 valence electrons. The maximum absolute atomic E-state index is 12.5. The van der Waals surface area contributed by atoms with E-state index in [1.165, 1.54) is 0 Å². The Kier molecular flexibility index (Phi) is 3.56. The molecule has 4 rings (SSSR count). The van der Waals surface area contributed by atoms with Gasteiger partial charge in [-0.1, -0.05) is 48.0 Å². The Labute approximate surface area is 139 Å². The van der Waals surface area contributed by atoms with Crippen LogP contribution in [-0.2, 0) is 4.79 Å². The largest absolute Gasteiger partial charge is 0.343 e. The summed E-state index contributed by atoms with van der Waals surface area (Å²) in [6, 6.07) is 17.7. The van der Waals surface area contributed by atoms with Gasteiger partial charge < -0.3 is 10.2 Å². The molecule has 4 nitrogen and oxygen atoms in total. The molecule has 0 radical (unpaired) electrons. The highest BCUT2D eigenvalue weighted by atomic mass is 35.5. The van der Waals surface area contributed by atoms with Crippen molar-refractivity contribution in [2.75, 3.05) is 11.6 Å². The van der Waals surface area contributed by atoms with Crippen molar-refractivity contribution in [1.82, 2.24) is 10.6 Å². The molecular formula is C18H16ClN3O. The molecule has 2 aromatic carbocycles. The van der Waals surface area contributed by atoms with E-state index in [4.69, 9.17) is 11.6 Å². The predicted octanol–water partition coefficient (Wildman–Crippen LogP) is 2.82. The van der Waals surface area contributed by atoms with Gasteiger partial charge in [-0.3, -0.25) is 10.1 Å². The summed E-state index contributed by atoms with van der Waals surface area (Å²) in [4.78, 5) is 14.6. The Morgan fingerprint density at radius 1 is 1.04 bits per heavy atom. The number of fused-ring (bicyclic) bond motifs is 1. The molecule has 2 heterocycles. The average Bonchev–Trinajstić information content (AvgIpc) is 2.97. The van der Waals surface area contributed by atoms with E-state index < -0.39 is 0 Å². The van der Waals surface area contributed by atoms with Crippen LogP contribution in [0.25, 0.3) is 5.57 Å². The first-order valence-corrected chi connectivity index (χ1v) is 7.94. The van der Waals surface area contributed by atoms with Gasteiger partial charge in [0, 0.05) is 16.9 Å². The standard InChI is InChI=1S/C18H16ClN3O/c19-15-9-5-4-8-13(15)14-10-22(12-6-2-1-3-7-12)17-16(14)18(23)21-11-20-17/h1-10,16-17,20H,11H2,(H,21,23). The van der Waals surface area contributed by atoms with Gasteiger partial charge >= 0.3 is 0 Å². The third kappa shape index (κ3) is 2.40. The Hall–Kier alpha value is -2.30. The summed E-state index contributed by atoms with van der Waals surface area (Å²) < 4.78 is 0. The molecule has 2 atom stereocenters. The molecular weight excluding hydrogens is 310 g/mol. The molecule has 0 aliphatic carbocycles. The molecule has 2 aliphatic rings. The minimum atomic E-state index is -0.288. The number of benzene rings is 2. The van der Waals surface area contributed by atoms with Crippen molar-refractivity contribution in [1.29, 1.82) is 0 Å². The summed E-state index contributed by atoms with van der Waals surface area (Å²) in [5.41, 5.74) is 2.89. The number of carbonyl (C=O) groups is 1. The second-order valence-corrected chi connectivity index (χ2v) is 6.06. The molecule has 0 aromatic heterocycles. The van der Waals surface area contributed by atoms with E-state index in [1.807, 2.05) is 60.8 Å². The lowest BCUT2D eigenvalue weighted by Crippen LogP contribution is -2.58. The fourth-order valence-electron chi connectivity index (χ4n) is 3.26. The number of carbonyl (C=O) groups excluding carboxylic acids is 1. The highest BCUT2D eigenvalue weighted by Gasteiger charge is 2.43. The van der Waals surface area contributed by atoms with Crippen LogP contribution in [-0.4, -0.2) is 18.7 Å². The van der Waals surface area contributed by atoms with E-state index in [9.17, 15) is 4.79 Å². The number of rotatable bonds is 2. The summed E-state index contributed by atoms with van der Waals surface area (Å²) in [5, 5.41) is 6.92. The number of anilines is 1. The molecule has 0 bridgehead atoms. The zero-order valence-corrected chi connectivity index (χ0v) is 13.1. The van der Waals surface area contributed by atoms with Crippen molar-refractivity contribution in [3.05, 3.63) is 71.4 Å². The van der Waals surface area contributed by atoms with Gasteiger partial charge in [0.25, 0.3) is 0 Å². The zero-order valence-electron chi connectivity index (χ0n) is 12.4. The van der Waals surface area contributed by atoms with Gasteiger partial charge in [-0.2, -0.15) is 0 Å². The van der Waals surface area contributed by atoms with Crippen molar-refractivity contribution in [2.24, 2.45) is 5.92 Å². The Bertz CT molecular complexity index is 775. The van der Waals surface area contributed by atoms with Crippen LogP contribution < -0.4 is 15.5 Å². The Balaban J connectivity index is 1.83. The van der Waals surface area contributed by atoms with E-state index >= 15 is 0 Å². The average molecular weight is 326 g/mol. The third-order valence-corrected chi connectivity index (χ3v) is 4.65. The van der Waals surface area contributed by atoms with E-state index in [1.54, 1.807) is 0 Å². The van der Waals surface area contributed by atoms with Crippen LogP contribution in [0.2, 0.25) is 5.02 Å². The first-order valence-electron chi connectivity index (χ1n) is 7.57. The summed E-state index contributed by atoms with van der Waals surface area (Å²) >= 11 is 6.37. The molecule has 0 spiro atoms. The molecule has 1 amide bonds. The molecule has 1 saturated heterocycles. The van der Waals surface area contributed by atoms with Crippen molar-refractivity contribution < 1.29 is 4.79 Å². The third-order valence-electron chi connectivity index (χ3n) is 4.32. The Morgan fingerprint density at radius 3 is 2.57 bits per heavy atom. The van der Waals surface area contributed by atoms with Crippen LogP contribution in [0.15, 0.2) is 60.8 Å². The fourth-order valence-corrected chi connectivity index (χ4v) is 3.51. The monoisotopic (exact) mass is 325 g/mol. The molecule has 2 N–H and O–H groups in total. The van der Waals surface area contributed by atoms with Crippen LogP contribution in [0.3, 0.4) is 0 Å².